The highest BCUT2D eigenvalue weighted by atomic mass is 32.2. The monoisotopic (exact) mass is 357 g/mol. The van der Waals surface area contributed by atoms with E-state index in [1.165, 1.54) is 22.8 Å². The SMILES string of the molecule is O=S(=O)(Cc1cccc(C(F)(F)F)c1)N1CCc2ncncc2C1. The number of nitrogens with zero attached hydrogens (tertiary/aromatic N) is 3. The van der Waals surface area contributed by atoms with Gasteiger partial charge in [-0.2, -0.15) is 17.5 Å². The quantitative estimate of drug-likeness (QED) is 0.846. The largest absolute Gasteiger partial charge is 0.416 e. The van der Waals surface area contributed by atoms with E-state index in [1.807, 2.05) is 0 Å². The van der Waals surface area contributed by atoms with Crippen LogP contribution < -0.4 is 0 Å². The van der Waals surface area contributed by atoms with Gasteiger partial charge in [0, 0.05) is 37.0 Å². The first kappa shape index (κ1) is 16.8. The van der Waals surface area contributed by atoms with Gasteiger partial charge < -0.3 is 0 Å². The number of fused-ring (bicyclic) bond motifs is 1. The standard InChI is InChI=1S/C15H14F3N3O2S/c16-15(17,18)13-3-1-2-11(6-13)9-24(22,23)21-5-4-14-12(8-21)7-19-10-20-14/h1-3,6-7,10H,4-5,8-9H2. The van der Waals surface area contributed by atoms with E-state index >= 15 is 0 Å². The lowest BCUT2D eigenvalue weighted by molar-refractivity contribution is -0.137. The molecule has 3 rings (SSSR count). The molecule has 0 N–H and O–H groups in total. The molecule has 1 aliphatic rings. The number of halogens is 3. The van der Waals surface area contributed by atoms with Gasteiger partial charge >= 0.3 is 6.18 Å². The van der Waals surface area contributed by atoms with Gasteiger partial charge in [-0.3, -0.25) is 0 Å². The fraction of sp³-hybridized carbons (Fsp3) is 0.333. The Hall–Kier alpha value is -2.00. The maximum Gasteiger partial charge on any atom is 0.416 e. The minimum Gasteiger partial charge on any atom is -0.244 e. The number of rotatable bonds is 3. The first-order chi connectivity index (χ1) is 11.3. The highest BCUT2D eigenvalue weighted by Gasteiger charge is 2.32. The van der Waals surface area contributed by atoms with Crippen LogP contribution in [0.4, 0.5) is 13.2 Å². The molecule has 0 atom stereocenters. The Morgan fingerprint density at radius 2 is 2.04 bits per heavy atom. The molecule has 0 spiro atoms. The second-order valence-electron chi connectivity index (χ2n) is 5.53. The summed E-state index contributed by atoms with van der Waals surface area (Å²) < 4.78 is 64.6. The van der Waals surface area contributed by atoms with Gasteiger partial charge in [-0.05, 0) is 11.6 Å². The van der Waals surface area contributed by atoms with Crippen LogP contribution in [0.2, 0.25) is 0 Å². The Morgan fingerprint density at radius 1 is 1.25 bits per heavy atom. The van der Waals surface area contributed by atoms with Crippen molar-refractivity contribution in [1.29, 1.82) is 0 Å². The summed E-state index contributed by atoms with van der Waals surface area (Å²) >= 11 is 0. The molecule has 0 amide bonds. The molecular formula is C15H14F3N3O2S. The molecule has 0 fully saturated rings. The van der Waals surface area contributed by atoms with Crippen LogP contribution in [0.25, 0.3) is 0 Å². The molecule has 0 saturated heterocycles. The summed E-state index contributed by atoms with van der Waals surface area (Å²) in [4.78, 5) is 7.98. The molecule has 1 aromatic heterocycles. The number of aromatic nitrogens is 2. The van der Waals surface area contributed by atoms with Crippen molar-refractivity contribution in [2.75, 3.05) is 6.54 Å². The molecule has 0 aliphatic carbocycles. The number of sulfonamides is 1. The molecule has 9 heteroatoms. The lowest BCUT2D eigenvalue weighted by atomic mass is 10.1. The third kappa shape index (κ3) is 3.57. The van der Waals surface area contributed by atoms with Crippen molar-refractivity contribution in [3.8, 4) is 0 Å². The molecule has 128 valence electrons. The maximum atomic E-state index is 12.7. The molecule has 2 heterocycles. The van der Waals surface area contributed by atoms with Crippen molar-refractivity contribution in [3.05, 3.63) is 59.2 Å². The zero-order valence-electron chi connectivity index (χ0n) is 12.5. The number of hydrogen-bond acceptors (Lipinski definition) is 4. The molecule has 0 bridgehead atoms. The van der Waals surface area contributed by atoms with E-state index in [2.05, 4.69) is 9.97 Å². The second kappa shape index (κ2) is 6.14. The third-order valence-corrected chi connectivity index (χ3v) is 5.62. The fourth-order valence-corrected chi connectivity index (χ4v) is 4.11. The second-order valence-corrected chi connectivity index (χ2v) is 7.50. The van der Waals surface area contributed by atoms with Crippen molar-refractivity contribution in [3.63, 3.8) is 0 Å². The summed E-state index contributed by atoms with van der Waals surface area (Å²) in [6, 6.07) is 4.39. The topological polar surface area (TPSA) is 63.2 Å². The Morgan fingerprint density at radius 3 is 2.79 bits per heavy atom. The molecule has 0 unspecified atom stereocenters. The predicted octanol–water partition coefficient (Wildman–Crippen LogP) is 2.38. The van der Waals surface area contributed by atoms with Crippen molar-refractivity contribution >= 4 is 10.0 Å². The number of alkyl halides is 3. The molecule has 2 aromatic rings. The van der Waals surface area contributed by atoms with Crippen molar-refractivity contribution in [2.45, 2.75) is 24.9 Å². The van der Waals surface area contributed by atoms with E-state index < -0.39 is 27.5 Å². The number of hydrogen-bond donors (Lipinski definition) is 0. The molecule has 24 heavy (non-hydrogen) atoms. The van der Waals surface area contributed by atoms with E-state index in [0.29, 0.717) is 6.42 Å². The van der Waals surface area contributed by atoms with E-state index in [0.717, 1.165) is 23.4 Å². The van der Waals surface area contributed by atoms with Gasteiger partial charge in [-0.25, -0.2) is 18.4 Å². The van der Waals surface area contributed by atoms with E-state index in [9.17, 15) is 21.6 Å². The summed E-state index contributed by atoms with van der Waals surface area (Å²) in [6.45, 7) is 0.392. The van der Waals surface area contributed by atoms with E-state index in [1.54, 1.807) is 6.20 Å². The average molecular weight is 357 g/mol. The summed E-state index contributed by atoms with van der Waals surface area (Å²) in [7, 11) is -3.73. The summed E-state index contributed by atoms with van der Waals surface area (Å²) in [5.41, 5.74) is 0.777. The smallest absolute Gasteiger partial charge is 0.244 e. The zero-order chi connectivity index (χ0) is 17.4. The van der Waals surface area contributed by atoms with Crippen molar-refractivity contribution < 1.29 is 21.6 Å². The summed E-state index contributed by atoms with van der Waals surface area (Å²) in [5, 5.41) is 0. The van der Waals surface area contributed by atoms with Crippen LogP contribution in [-0.2, 0) is 34.9 Å². The Bertz CT molecular complexity index is 853. The lowest BCUT2D eigenvalue weighted by Gasteiger charge is -2.27. The fourth-order valence-electron chi connectivity index (χ4n) is 2.62. The van der Waals surface area contributed by atoms with Crippen LogP contribution in [0.15, 0.2) is 36.8 Å². The summed E-state index contributed by atoms with van der Waals surface area (Å²) in [6.07, 6.45) is -1.07. The highest BCUT2D eigenvalue weighted by molar-refractivity contribution is 7.88. The van der Waals surface area contributed by atoms with Gasteiger partial charge in [0.2, 0.25) is 10.0 Å². The van der Waals surface area contributed by atoms with E-state index in [4.69, 9.17) is 0 Å². The Labute approximate surface area is 137 Å². The van der Waals surface area contributed by atoms with Gasteiger partial charge in [-0.15, -0.1) is 0 Å². The highest BCUT2D eigenvalue weighted by Crippen LogP contribution is 2.30. The molecule has 1 aliphatic heterocycles. The van der Waals surface area contributed by atoms with Crippen molar-refractivity contribution in [2.24, 2.45) is 0 Å². The van der Waals surface area contributed by atoms with Crippen LogP contribution in [0.5, 0.6) is 0 Å². The van der Waals surface area contributed by atoms with Gasteiger partial charge in [0.15, 0.2) is 0 Å². The first-order valence-electron chi connectivity index (χ1n) is 7.17. The third-order valence-electron chi connectivity index (χ3n) is 3.82. The zero-order valence-corrected chi connectivity index (χ0v) is 13.3. The van der Waals surface area contributed by atoms with Gasteiger partial charge in [-0.1, -0.05) is 18.2 Å². The minimum absolute atomic E-state index is 0.111. The predicted molar refractivity (Wildman–Crippen MR) is 80.2 cm³/mol. The molecule has 5 nitrogen and oxygen atoms in total. The van der Waals surface area contributed by atoms with Crippen LogP contribution in [-0.4, -0.2) is 29.2 Å². The average Bonchev–Trinajstić information content (AvgIpc) is 2.53. The van der Waals surface area contributed by atoms with Gasteiger partial charge in [0.25, 0.3) is 0 Å². The van der Waals surface area contributed by atoms with Crippen LogP contribution in [0, 0.1) is 0 Å². The molecule has 1 aromatic carbocycles. The minimum atomic E-state index is -4.50. The maximum absolute atomic E-state index is 12.7. The van der Waals surface area contributed by atoms with Crippen molar-refractivity contribution in [1.82, 2.24) is 14.3 Å². The molecule has 0 saturated carbocycles. The molecule has 0 radical (unpaired) electrons. The van der Waals surface area contributed by atoms with Gasteiger partial charge in [0.1, 0.15) is 6.33 Å². The molecular weight excluding hydrogens is 343 g/mol. The van der Waals surface area contributed by atoms with E-state index in [-0.39, 0.29) is 18.7 Å². The summed E-state index contributed by atoms with van der Waals surface area (Å²) in [5.74, 6) is -0.472. The van der Waals surface area contributed by atoms with Crippen LogP contribution in [0.3, 0.4) is 0 Å². The first-order valence-corrected chi connectivity index (χ1v) is 8.78. The van der Waals surface area contributed by atoms with Gasteiger partial charge in [0.05, 0.1) is 11.3 Å². The normalized spacial score (nSPS) is 16.0. The number of benzene rings is 1. The van der Waals surface area contributed by atoms with Crippen LogP contribution >= 0.6 is 0 Å². The Balaban J connectivity index is 1.80. The lowest BCUT2D eigenvalue weighted by Crippen LogP contribution is -2.37. The Kier molecular flexibility index (Phi) is 4.31. The van der Waals surface area contributed by atoms with Crippen LogP contribution in [0.1, 0.15) is 22.4 Å².